The Labute approximate surface area is 127 Å². The van der Waals surface area contributed by atoms with E-state index in [1.807, 2.05) is 0 Å². The lowest BCUT2D eigenvalue weighted by Crippen LogP contribution is -2.44. The SMILES string of the molecule is O=C(O)CN(CC1CC1)C(=O)C1Cc2cc(Cl)ccc2O1. The normalized spacial score (nSPS) is 19.8. The molecule has 1 amide bonds. The molecule has 0 aromatic heterocycles. The molecule has 1 saturated carbocycles. The van der Waals surface area contributed by atoms with Gasteiger partial charge in [0.05, 0.1) is 0 Å². The summed E-state index contributed by atoms with van der Waals surface area (Å²) in [5.74, 6) is -0.162. The largest absolute Gasteiger partial charge is 0.480 e. The lowest BCUT2D eigenvalue weighted by Gasteiger charge is -2.23. The summed E-state index contributed by atoms with van der Waals surface area (Å²) in [6, 6.07) is 5.24. The molecule has 1 heterocycles. The summed E-state index contributed by atoms with van der Waals surface area (Å²) in [6.07, 6.45) is 1.92. The molecular weight excluding hydrogens is 294 g/mol. The van der Waals surface area contributed by atoms with Crippen LogP contribution in [-0.2, 0) is 16.0 Å². The Morgan fingerprint density at radius 1 is 1.38 bits per heavy atom. The average molecular weight is 310 g/mol. The summed E-state index contributed by atoms with van der Waals surface area (Å²) in [7, 11) is 0. The van der Waals surface area contributed by atoms with E-state index in [1.165, 1.54) is 4.90 Å². The Morgan fingerprint density at radius 2 is 2.14 bits per heavy atom. The first kappa shape index (κ1) is 14.2. The lowest BCUT2D eigenvalue weighted by molar-refractivity contribution is -0.147. The van der Waals surface area contributed by atoms with Crippen LogP contribution in [0.2, 0.25) is 5.02 Å². The predicted octanol–water partition coefficient (Wildman–Crippen LogP) is 1.97. The van der Waals surface area contributed by atoms with Gasteiger partial charge in [-0.2, -0.15) is 0 Å². The maximum atomic E-state index is 12.5. The zero-order valence-electron chi connectivity index (χ0n) is 11.4. The summed E-state index contributed by atoms with van der Waals surface area (Å²) in [5.41, 5.74) is 0.891. The van der Waals surface area contributed by atoms with E-state index in [-0.39, 0.29) is 12.5 Å². The van der Waals surface area contributed by atoms with Crippen molar-refractivity contribution in [1.82, 2.24) is 4.90 Å². The topological polar surface area (TPSA) is 66.8 Å². The molecule has 0 bridgehead atoms. The summed E-state index contributed by atoms with van der Waals surface area (Å²) in [6.45, 7) is 0.231. The van der Waals surface area contributed by atoms with E-state index >= 15 is 0 Å². The molecule has 5 nitrogen and oxygen atoms in total. The van der Waals surface area contributed by atoms with Gasteiger partial charge in [0.15, 0.2) is 6.10 Å². The second kappa shape index (κ2) is 5.56. The first-order chi connectivity index (χ1) is 10.0. The summed E-state index contributed by atoms with van der Waals surface area (Å²) in [4.78, 5) is 24.8. The van der Waals surface area contributed by atoms with Crippen LogP contribution in [0.25, 0.3) is 0 Å². The van der Waals surface area contributed by atoms with Crippen molar-refractivity contribution in [1.29, 1.82) is 0 Å². The van der Waals surface area contributed by atoms with Crippen LogP contribution in [0.3, 0.4) is 0 Å². The third kappa shape index (κ3) is 3.29. The number of aliphatic carboxylic acids is 1. The number of amides is 1. The van der Waals surface area contributed by atoms with Gasteiger partial charge in [0.1, 0.15) is 12.3 Å². The second-order valence-corrected chi connectivity index (χ2v) is 6.05. The highest BCUT2D eigenvalue weighted by Gasteiger charge is 2.35. The second-order valence-electron chi connectivity index (χ2n) is 5.62. The Kier molecular flexibility index (Phi) is 3.76. The van der Waals surface area contributed by atoms with Crippen molar-refractivity contribution in [2.45, 2.75) is 25.4 Å². The maximum Gasteiger partial charge on any atom is 0.323 e. The van der Waals surface area contributed by atoms with Crippen LogP contribution in [0.5, 0.6) is 5.75 Å². The van der Waals surface area contributed by atoms with Gasteiger partial charge in [-0.1, -0.05) is 11.6 Å². The van der Waals surface area contributed by atoms with Crippen LogP contribution in [0, 0.1) is 5.92 Å². The highest BCUT2D eigenvalue weighted by Crippen LogP contribution is 2.33. The van der Waals surface area contributed by atoms with Crippen LogP contribution < -0.4 is 4.74 Å². The number of carboxylic acids is 1. The molecule has 1 unspecified atom stereocenters. The van der Waals surface area contributed by atoms with Crippen molar-refractivity contribution < 1.29 is 19.4 Å². The molecule has 1 N–H and O–H groups in total. The summed E-state index contributed by atoms with van der Waals surface area (Å²) in [5, 5.41) is 9.57. The summed E-state index contributed by atoms with van der Waals surface area (Å²) < 4.78 is 5.65. The third-order valence-corrected chi connectivity index (χ3v) is 4.02. The maximum absolute atomic E-state index is 12.5. The van der Waals surface area contributed by atoms with Gasteiger partial charge in [-0.05, 0) is 42.5 Å². The molecule has 6 heteroatoms. The number of hydrogen-bond donors (Lipinski definition) is 1. The van der Waals surface area contributed by atoms with Crippen LogP contribution in [0.1, 0.15) is 18.4 Å². The lowest BCUT2D eigenvalue weighted by atomic mass is 10.1. The minimum Gasteiger partial charge on any atom is -0.480 e. The van der Waals surface area contributed by atoms with Crippen molar-refractivity contribution in [2.24, 2.45) is 5.92 Å². The van der Waals surface area contributed by atoms with Crippen LogP contribution in [0.4, 0.5) is 0 Å². The van der Waals surface area contributed by atoms with Crippen molar-refractivity contribution in [3.63, 3.8) is 0 Å². The fourth-order valence-corrected chi connectivity index (χ4v) is 2.76. The van der Waals surface area contributed by atoms with Crippen LogP contribution in [0.15, 0.2) is 18.2 Å². The van der Waals surface area contributed by atoms with Crippen molar-refractivity contribution in [2.75, 3.05) is 13.1 Å². The molecule has 0 spiro atoms. The molecule has 1 aliphatic carbocycles. The highest BCUT2D eigenvalue weighted by atomic mass is 35.5. The minimum absolute atomic E-state index is 0.253. The Balaban J connectivity index is 1.70. The zero-order chi connectivity index (χ0) is 15.0. The quantitative estimate of drug-likeness (QED) is 0.903. The average Bonchev–Trinajstić information content (AvgIpc) is 3.13. The summed E-state index contributed by atoms with van der Waals surface area (Å²) >= 11 is 5.93. The molecule has 0 saturated heterocycles. The van der Waals surface area contributed by atoms with Gasteiger partial charge in [0.2, 0.25) is 0 Å². The monoisotopic (exact) mass is 309 g/mol. The molecule has 1 aromatic rings. The van der Waals surface area contributed by atoms with Gasteiger partial charge < -0.3 is 14.7 Å². The number of hydrogen-bond acceptors (Lipinski definition) is 3. The van der Waals surface area contributed by atoms with E-state index in [0.29, 0.717) is 29.7 Å². The number of carbonyl (C=O) groups is 2. The molecule has 1 fully saturated rings. The highest BCUT2D eigenvalue weighted by molar-refractivity contribution is 6.30. The van der Waals surface area contributed by atoms with Gasteiger partial charge in [-0.25, -0.2) is 0 Å². The van der Waals surface area contributed by atoms with Gasteiger partial charge >= 0.3 is 5.97 Å². The standard InChI is InChI=1S/C15H16ClNO4/c16-11-3-4-12-10(5-11)6-13(21-12)15(20)17(8-14(18)19)7-9-1-2-9/h3-5,9,13H,1-2,6-8H2,(H,18,19). The van der Waals surface area contributed by atoms with Gasteiger partial charge in [-0.15, -0.1) is 0 Å². The number of carboxylic acid groups (broad SMARTS) is 1. The first-order valence-corrected chi connectivity index (χ1v) is 7.36. The van der Waals surface area contributed by atoms with Gasteiger partial charge in [0.25, 0.3) is 5.91 Å². The molecule has 112 valence electrons. The van der Waals surface area contributed by atoms with E-state index in [2.05, 4.69) is 0 Å². The van der Waals surface area contributed by atoms with Crippen molar-refractivity contribution >= 4 is 23.5 Å². The number of carbonyl (C=O) groups excluding carboxylic acids is 1. The van der Waals surface area contributed by atoms with Gasteiger partial charge in [0, 0.05) is 18.0 Å². The van der Waals surface area contributed by atoms with E-state index < -0.39 is 12.1 Å². The zero-order valence-corrected chi connectivity index (χ0v) is 12.2. The Hall–Kier alpha value is -1.75. The first-order valence-electron chi connectivity index (χ1n) is 6.98. The Bertz CT molecular complexity index is 585. The molecule has 1 aliphatic heterocycles. The van der Waals surface area contributed by atoms with Crippen LogP contribution in [-0.4, -0.2) is 41.1 Å². The van der Waals surface area contributed by atoms with Crippen molar-refractivity contribution in [3.8, 4) is 5.75 Å². The van der Waals surface area contributed by atoms with E-state index in [9.17, 15) is 9.59 Å². The predicted molar refractivity (Wildman–Crippen MR) is 76.5 cm³/mol. The fourth-order valence-electron chi connectivity index (χ4n) is 2.57. The molecule has 2 aliphatic rings. The molecule has 21 heavy (non-hydrogen) atoms. The molecular formula is C15H16ClNO4. The van der Waals surface area contributed by atoms with E-state index in [1.54, 1.807) is 18.2 Å². The number of ether oxygens (including phenoxy) is 1. The van der Waals surface area contributed by atoms with E-state index in [4.69, 9.17) is 21.4 Å². The van der Waals surface area contributed by atoms with Gasteiger partial charge in [-0.3, -0.25) is 9.59 Å². The van der Waals surface area contributed by atoms with Crippen molar-refractivity contribution in [3.05, 3.63) is 28.8 Å². The smallest absolute Gasteiger partial charge is 0.323 e. The van der Waals surface area contributed by atoms with Crippen LogP contribution >= 0.6 is 11.6 Å². The molecule has 3 rings (SSSR count). The number of nitrogens with zero attached hydrogens (tertiary/aromatic N) is 1. The number of fused-ring (bicyclic) bond motifs is 1. The third-order valence-electron chi connectivity index (χ3n) is 3.79. The molecule has 1 aromatic carbocycles. The number of rotatable bonds is 5. The number of benzene rings is 1. The number of halogens is 1. The molecule has 0 radical (unpaired) electrons. The fraction of sp³-hybridized carbons (Fsp3) is 0.467. The Morgan fingerprint density at radius 3 is 2.81 bits per heavy atom. The molecule has 1 atom stereocenters. The van der Waals surface area contributed by atoms with E-state index in [0.717, 1.165) is 18.4 Å². The minimum atomic E-state index is -0.998.